The number of nitrogens with zero attached hydrogens (tertiary/aromatic N) is 6. The summed E-state index contributed by atoms with van der Waals surface area (Å²) >= 11 is 0. The maximum Gasteiger partial charge on any atom is 0.292 e. The topological polar surface area (TPSA) is 352 Å². The summed E-state index contributed by atoms with van der Waals surface area (Å²) in [6.07, 6.45) is -6.79. The molecule has 2 fully saturated rings. The highest BCUT2D eigenvalue weighted by atomic mass is 31.3. The minimum atomic E-state index is -5.76. The molecule has 25 nitrogen and oxygen atoms in total. The molecule has 2 aliphatic rings. The predicted molar refractivity (Wildman–Crippen MR) is 229 cm³/mol. The van der Waals surface area contributed by atoms with Crippen LogP contribution >= 0.6 is 15.6 Å². The fourth-order valence-electron chi connectivity index (χ4n) is 7.86. The largest absolute Gasteiger partial charge is 0.756 e. The van der Waals surface area contributed by atoms with E-state index in [1.165, 1.54) is 46.3 Å². The van der Waals surface area contributed by atoms with Crippen LogP contribution in [0.2, 0.25) is 0 Å². The number of carbonyl (C=O) groups is 2. The molecule has 362 valence electrons. The van der Waals surface area contributed by atoms with Gasteiger partial charge in [0.1, 0.15) is 55.2 Å². The standard InChI is InChI=1S/C41H47N9O16P2/c1-48-26-9-3-2-7-23(26)17-25-27(48)10-4-11-28(25)61-16-6-12-31(51)43-13-14-44-38-32-39(46-21-45-38)50(22-47-32)41-36(55)34(53)30(65-41)20-63-68(59,60)66-67(57,58)62-19-29-33(52)35(54)40(64-29)49-15-5-8-24(18-49)37(42)56/h2-5,7-11,15,17-18,21-22,29-30,33-36,40-41,52-55H,6,12-14,16,19-20H2,1H3,(H4-2,42,43,44,45,46,51,56,57,58,59,60). The number of rotatable bonds is 20. The van der Waals surface area contributed by atoms with E-state index in [2.05, 4.69) is 55.6 Å². The molecule has 0 bridgehead atoms. The molecule has 2 aliphatic heterocycles. The number of aliphatic hydroxyl groups is 4. The number of primary amides is 1. The van der Waals surface area contributed by atoms with Gasteiger partial charge in [-0.15, -0.1) is 0 Å². The minimum Gasteiger partial charge on any atom is -0.756 e. The number of hydrogen-bond acceptors (Lipinski definition) is 20. The molecule has 0 saturated carbocycles. The number of nitrogens with one attached hydrogen (secondary N) is 2. The van der Waals surface area contributed by atoms with Crippen molar-refractivity contribution in [3.05, 3.63) is 91.3 Å². The second kappa shape index (κ2) is 20.5. The van der Waals surface area contributed by atoms with Crippen molar-refractivity contribution in [2.24, 2.45) is 12.8 Å². The maximum atomic E-state index is 12.6. The summed E-state index contributed by atoms with van der Waals surface area (Å²) in [5.74, 6) is 0.0323. The summed E-state index contributed by atoms with van der Waals surface area (Å²) in [6.45, 7) is -1.22. The normalized spacial score (nSPS) is 24.5. The van der Waals surface area contributed by atoms with Gasteiger partial charge in [-0.2, -0.15) is 9.13 Å². The smallest absolute Gasteiger partial charge is 0.292 e. The Balaban J connectivity index is 0.779. The van der Waals surface area contributed by atoms with Crippen molar-refractivity contribution in [3.8, 4) is 5.75 Å². The van der Waals surface area contributed by atoms with E-state index in [0.717, 1.165) is 27.6 Å². The SMILES string of the molecule is C[n+]1c2ccccc2cc2c(OCCCC(=O)NCCNc3ncnc4c3ncn4C3OC(COP(=O)([O-])OP(=O)([O-])OCC4OC([n+]5cccc(C(N)=O)c5)C(O)C4O)C(O)C3O)cccc21. The van der Waals surface area contributed by atoms with E-state index in [0.29, 0.717) is 13.0 Å². The van der Waals surface area contributed by atoms with Crippen molar-refractivity contribution < 1.29 is 85.6 Å². The highest BCUT2D eigenvalue weighted by molar-refractivity contribution is 7.59. The van der Waals surface area contributed by atoms with E-state index in [4.69, 9.17) is 19.9 Å². The minimum absolute atomic E-state index is 0.0427. The Hall–Kier alpha value is -5.63. The van der Waals surface area contributed by atoms with Crippen LogP contribution in [0.1, 0.15) is 35.7 Å². The Bertz CT molecular complexity index is 2910. The van der Waals surface area contributed by atoms with Gasteiger partial charge in [0.25, 0.3) is 27.8 Å². The van der Waals surface area contributed by atoms with Gasteiger partial charge in [-0.05, 0) is 30.7 Å². The number of aryl methyl sites for hydroxylation is 1. The number of benzene rings is 2. The quantitative estimate of drug-likeness (QED) is 0.0201. The molecular formula is C41H47N9O16P2. The number of ether oxygens (including phenoxy) is 3. The van der Waals surface area contributed by atoms with Crippen LogP contribution in [-0.4, -0.2) is 121 Å². The number of amides is 2. The van der Waals surface area contributed by atoms with E-state index in [-0.39, 0.29) is 48.0 Å². The highest BCUT2D eigenvalue weighted by Gasteiger charge is 2.49. The molecule has 0 aliphatic carbocycles. The Morgan fingerprint density at radius 1 is 0.882 bits per heavy atom. The molecule has 68 heavy (non-hydrogen) atoms. The van der Waals surface area contributed by atoms with Crippen LogP contribution in [0, 0.1) is 0 Å². The van der Waals surface area contributed by atoms with Crippen molar-refractivity contribution in [1.29, 1.82) is 0 Å². The second-order valence-corrected chi connectivity index (χ2v) is 18.7. The Kier molecular flexibility index (Phi) is 14.7. The van der Waals surface area contributed by atoms with E-state index in [1.54, 1.807) is 0 Å². The average Bonchev–Trinajstić information content (AvgIpc) is 3.96. The van der Waals surface area contributed by atoms with E-state index < -0.39 is 83.8 Å². The highest BCUT2D eigenvalue weighted by Crippen LogP contribution is 2.56. The lowest BCUT2D eigenvalue weighted by atomic mass is 10.1. The predicted octanol–water partition coefficient (Wildman–Crippen LogP) is -1.34. The Labute approximate surface area is 385 Å². The third kappa shape index (κ3) is 10.8. The number of aliphatic hydroxyl groups excluding tert-OH is 4. The van der Waals surface area contributed by atoms with Crippen LogP contribution in [0.25, 0.3) is 33.0 Å². The number of anilines is 1. The summed E-state index contributed by atoms with van der Waals surface area (Å²) in [5, 5.41) is 50.5. The van der Waals surface area contributed by atoms with Gasteiger partial charge in [0.15, 0.2) is 41.7 Å². The van der Waals surface area contributed by atoms with Crippen molar-refractivity contribution in [2.75, 3.05) is 38.2 Å². The first kappa shape index (κ1) is 48.8. The van der Waals surface area contributed by atoms with E-state index in [1.807, 2.05) is 43.4 Å². The summed E-state index contributed by atoms with van der Waals surface area (Å²) in [7, 11) is -9.50. The fraction of sp³-hybridized carbons (Fsp3) is 0.390. The molecule has 10 unspecified atom stereocenters. The van der Waals surface area contributed by atoms with Gasteiger partial charge in [0.2, 0.25) is 16.9 Å². The summed E-state index contributed by atoms with van der Waals surface area (Å²) < 4.78 is 60.4. The first-order valence-corrected chi connectivity index (χ1v) is 24.0. The third-order valence-corrected chi connectivity index (χ3v) is 13.8. The number of nitrogens with two attached hydrogens (primary N) is 1. The molecule has 2 aromatic carbocycles. The van der Waals surface area contributed by atoms with Gasteiger partial charge in [-0.1, -0.05) is 18.2 Å². The van der Waals surface area contributed by atoms with Crippen molar-refractivity contribution in [1.82, 2.24) is 24.8 Å². The van der Waals surface area contributed by atoms with Gasteiger partial charge in [0.05, 0.1) is 31.5 Å². The molecule has 6 aromatic rings. The van der Waals surface area contributed by atoms with Crippen LogP contribution in [0.4, 0.5) is 5.82 Å². The number of aromatic nitrogens is 6. The molecule has 2 amide bonds. The number of phosphoric acid groups is 2. The zero-order valence-corrected chi connectivity index (χ0v) is 37.8. The number of para-hydroxylation sites is 1. The molecule has 8 N–H and O–H groups in total. The maximum absolute atomic E-state index is 12.6. The van der Waals surface area contributed by atoms with Gasteiger partial charge >= 0.3 is 0 Å². The molecule has 4 aromatic heterocycles. The zero-order chi connectivity index (χ0) is 48.3. The van der Waals surface area contributed by atoms with Crippen molar-refractivity contribution >= 4 is 66.2 Å². The number of pyridine rings is 2. The van der Waals surface area contributed by atoms with Crippen molar-refractivity contribution in [3.63, 3.8) is 0 Å². The first-order valence-electron chi connectivity index (χ1n) is 21.1. The molecular weight excluding hydrogens is 936 g/mol. The molecule has 6 heterocycles. The Morgan fingerprint density at radius 2 is 1.60 bits per heavy atom. The van der Waals surface area contributed by atoms with Crippen LogP contribution in [0.5, 0.6) is 5.75 Å². The molecule has 0 spiro atoms. The van der Waals surface area contributed by atoms with Crippen LogP contribution in [0.15, 0.2) is 85.7 Å². The number of imidazole rings is 1. The summed E-state index contributed by atoms with van der Waals surface area (Å²) in [5.41, 5.74) is 7.82. The molecule has 10 atom stereocenters. The monoisotopic (exact) mass is 983 g/mol. The number of carbonyl (C=O) groups excluding carboxylic acids is 2. The molecule has 2 saturated heterocycles. The van der Waals surface area contributed by atoms with Crippen molar-refractivity contribution in [2.45, 2.75) is 61.9 Å². The average molecular weight is 984 g/mol. The summed E-state index contributed by atoms with van der Waals surface area (Å²) in [4.78, 5) is 62.0. The molecule has 8 rings (SSSR count). The van der Waals surface area contributed by atoms with Crippen LogP contribution in [0.3, 0.4) is 0 Å². The lowest BCUT2D eigenvalue weighted by Crippen LogP contribution is -2.46. The van der Waals surface area contributed by atoms with Gasteiger partial charge in [0, 0.05) is 43.1 Å². The van der Waals surface area contributed by atoms with E-state index in [9.17, 15) is 48.9 Å². The van der Waals surface area contributed by atoms with Gasteiger partial charge in [-0.25, -0.2) is 19.3 Å². The number of hydrogen-bond donors (Lipinski definition) is 7. The summed E-state index contributed by atoms with van der Waals surface area (Å²) in [6, 6.07) is 18.9. The third-order valence-electron chi connectivity index (χ3n) is 11.2. The number of fused-ring (bicyclic) bond motifs is 3. The van der Waals surface area contributed by atoms with Gasteiger partial charge < -0.3 is 69.8 Å². The lowest BCUT2D eigenvalue weighted by molar-refractivity contribution is -0.765. The second-order valence-electron chi connectivity index (χ2n) is 15.8. The molecule has 0 radical (unpaired) electrons. The first-order chi connectivity index (χ1) is 32.5. The van der Waals surface area contributed by atoms with Crippen LogP contribution in [-0.2, 0) is 43.8 Å². The number of phosphoric ester groups is 2. The van der Waals surface area contributed by atoms with Gasteiger partial charge in [-0.3, -0.25) is 23.3 Å². The van der Waals surface area contributed by atoms with E-state index >= 15 is 0 Å². The Morgan fingerprint density at radius 3 is 2.37 bits per heavy atom. The molecule has 27 heteroatoms. The lowest BCUT2D eigenvalue weighted by Gasteiger charge is -2.31. The fourth-order valence-corrected chi connectivity index (χ4v) is 9.87. The van der Waals surface area contributed by atoms with Crippen LogP contribution < -0.4 is 40.0 Å². The zero-order valence-electron chi connectivity index (χ0n) is 36.0.